The van der Waals surface area contributed by atoms with Gasteiger partial charge in [0.2, 0.25) is 5.91 Å². The van der Waals surface area contributed by atoms with E-state index in [0.717, 1.165) is 33.9 Å². The highest BCUT2D eigenvalue weighted by Crippen LogP contribution is 2.41. The van der Waals surface area contributed by atoms with Crippen molar-refractivity contribution in [1.82, 2.24) is 0 Å². The van der Waals surface area contributed by atoms with Crippen molar-refractivity contribution in [3.05, 3.63) is 82.9 Å². The van der Waals surface area contributed by atoms with Crippen molar-refractivity contribution in [2.24, 2.45) is 0 Å². The van der Waals surface area contributed by atoms with Crippen LogP contribution in [0.25, 0.3) is 11.1 Å². The van der Waals surface area contributed by atoms with E-state index in [2.05, 4.69) is 75.5 Å². The molecule has 0 saturated heterocycles. The monoisotopic (exact) mass is 446 g/mol. The molecule has 2 atom stereocenters. The molecule has 0 spiro atoms. The predicted molar refractivity (Wildman–Crippen MR) is 136 cm³/mol. The summed E-state index contributed by atoms with van der Waals surface area (Å²) in [6, 6.07) is 23.3. The second kappa shape index (κ2) is 8.63. The summed E-state index contributed by atoms with van der Waals surface area (Å²) >= 11 is 6.07. The lowest BCUT2D eigenvalue weighted by Crippen LogP contribution is -2.43. The van der Waals surface area contributed by atoms with Crippen molar-refractivity contribution >= 4 is 28.9 Å². The molecule has 3 aromatic carbocycles. The van der Waals surface area contributed by atoms with E-state index in [4.69, 9.17) is 11.6 Å². The molecule has 0 unspecified atom stereocenters. The number of halogens is 1. The molecule has 0 aliphatic carbocycles. The molecule has 0 radical (unpaired) electrons. The molecule has 1 aliphatic rings. The van der Waals surface area contributed by atoms with Crippen LogP contribution < -0.4 is 10.2 Å². The maximum atomic E-state index is 12.5. The van der Waals surface area contributed by atoms with Gasteiger partial charge in [0.25, 0.3) is 0 Å². The number of fused-ring (bicyclic) bond motifs is 1. The van der Waals surface area contributed by atoms with Crippen molar-refractivity contribution in [1.29, 1.82) is 0 Å². The van der Waals surface area contributed by atoms with E-state index >= 15 is 0 Å². The highest BCUT2D eigenvalue weighted by molar-refractivity contribution is 6.30. The number of benzene rings is 3. The Hall–Kier alpha value is -2.78. The first kappa shape index (κ1) is 22.4. The molecular weight excluding hydrogens is 416 g/mol. The van der Waals surface area contributed by atoms with Gasteiger partial charge in [0.1, 0.15) is 0 Å². The van der Waals surface area contributed by atoms with Crippen LogP contribution in [0, 0.1) is 0 Å². The summed E-state index contributed by atoms with van der Waals surface area (Å²) in [5, 5.41) is 4.38. The van der Waals surface area contributed by atoms with Crippen molar-refractivity contribution in [3.8, 4) is 11.1 Å². The normalized spacial score (nSPS) is 18.2. The fourth-order valence-corrected chi connectivity index (χ4v) is 4.70. The predicted octanol–water partition coefficient (Wildman–Crippen LogP) is 7.60. The van der Waals surface area contributed by atoms with E-state index in [-0.39, 0.29) is 23.4 Å². The quantitative estimate of drug-likeness (QED) is 0.449. The summed E-state index contributed by atoms with van der Waals surface area (Å²) in [4.78, 5) is 14.4. The van der Waals surface area contributed by atoms with Gasteiger partial charge in [-0.2, -0.15) is 0 Å². The molecule has 4 rings (SSSR count). The summed E-state index contributed by atoms with van der Waals surface area (Å²) in [6.07, 6.45) is 0.835. The van der Waals surface area contributed by atoms with Gasteiger partial charge in [0.05, 0.1) is 6.04 Å². The average molecular weight is 447 g/mol. The third kappa shape index (κ3) is 4.54. The molecule has 32 heavy (non-hydrogen) atoms. The van der Waals surface area contributed by atoms with Gasteiger partial charge < -0.3 is 10.2 Å². The molecular formula is C28H31ClN2O. The topological polar surface area (TPSA) is 32.3 Å². The maximum Gasteiger partial charge on any atom is 0.224 e. The zero-order valence-electron chi connectivity index (χ0n) is 19.4. The Morgan fingerprint density at radius 2 is 1.59 bits per heavy atom. The summed E-state index contributed by atoms with van der Waals surface area (Å²) in [5.41, 5.74) is 6.93. The lowest BCUT2D eigenvalue weighted by Gasteiger charge is -2.39. The first-order valence-corrected chi connectivity index (χ1v) is 11.6. The molecule has 1 amide bonds. The van der Waals surface area contributed by atoms with Gasteiger partial charge in [-0.15, -0.1) is 0 Å². The number of nitrogens with one attached hydrogen (secondary N) is 1. The minimum absolute atomic E-state index is 0.0750. The molecule has 0 bridgehead atoms. The standard InChI is InChI=1S/C28H31ClN2O/c1-18-16-26(30-24-13-11-23(29)12-14-24)25-17-21(8-15-27(25)31(18)19(2)32)20-6-9-22(10-7-20)28(3,4)5/h6-15,17-18,26,30H,16H2,1-5H3/t18-,26+/m1/s1. The first-order valence-electron chi connectivity index (χ1n) is 11.2. The van der Waals surface area contributed by atoms with Crippen LogP contribution >= 0.6 is 11.6 Å². The lowest BCUT2D eigenvalue weighted by atomic mass is 9.85. The number of hydrogen-bond acceptors (Lipinski definition) is 2. The van der Waals surface area contributed by atoms with Crippen LogP contribution in [0.4, 0.5) is 11.4 Å². The molecule has 3 nitrogen and oxygen atoms in total. The summed E-state index contributed by atoms with van der Waals surface area (Å²) in [7, 11) is 0. The first-order chi connectivity index (χ1) is 15.1. The zero-order valence-corrected chi connectivity index (χ0v) is 20.2. The molecule has 3 aromatic rings. The average Bonchev–Trinajstić information content (AvgIpc) is 2.74. The largest absolute Gasteiger partial charge is 0.378 e. The molecule has 1 N–H and O–H groups in total. The van der Waals surface area contributed by atoms with Crippen LogP contribution in [0.15, 0.2) is 66.7 Å². The van der Waals surface area contributed by atoms with Gasteiger partial charge in [-0.05, 0) is 77.4 Å². The second-order valence-corrected chi connectivity index (χ2v) is 10.2. The molecule has 1 heterocycles. The Morgan fingerprint density at radius 3 is 2.19 bits per heavy atom. The maximum absolute atomic E-state index is 12.5. The number of hydrogen-bond donors (Lipinski definition) is 1. The van der Waals surface area contributed by atoms with Gasteiger partial charge >= 0.3 is 0 Å². The summed E-state index contributed by atoms with van der Waals surface area (Å²) in [6.45, 7) is 10.4. The van der Waals surface area contributed by atoms with Gasteiger partial charge in [0, 0.05) is 29.4 Å². The minimum Gasteiger partial charge on any atom is -0.378 e. The number of carbonyl (C=O) groups excluding carboxylic acids is 1. The Bertz CT molecular complexity index is 1110. The molecule has 4 heteroatoms. The summed E-state index contributed by atoms with van der Waals surface area (Å²) < 4.78 is 0. The second-order valence-electron chi connectivity index (χ2n) is 9.78. The number of carbonyl (C=O) groups is 1. The smallest absolute Gasteiger partial charge is 0.224 e. The van der Waals surface area contributed by atoms with Crippen molar-refractivity contribution in [2.45, 2.75) is 58.5 Å². The van der Waals surface area contributed by atoms with Crippen LogP contribution in [0.5, 0.6) is 0 Å². The van der Waals surface area contributed by atoms with Gasteiger partial charge in [-0.1, -0.05) is 62.7 Å². The third-order valence-corrected chi connectivity index (χ3v) is 6.54. The van der Waals surface area contributed by atoms with E-state index in [1.807, 2.05) is 29.2 Å². The van der Waals surface area contributed by atoms with E-state index < -0.39 is 0 Å². The van der Waals surface area contributed by atoms with Crippen LogP contribution in [-0.2, 0) is 10.2 Å². The van der Waals surface area contributed by atoms with Crippen molar-refractivity contribution in [2.75, 3.05) is 10.2 Å². The number of amides is 1. The van der Waals surface area contributed by atoms with E-state index in [1.165, 1.54) is 11.1 Å². The van der Waals surface area contributed by atoms with Crippen molar-refractivity contribution < 1.29 is 4.79 Å². The Kier molecular flexibility index (Phi) is 6.05. The van der Waals surface area contributed by atoms with E-state index in [1.54, 1.807) is 6.92 Å². The highest BCUT2D eigenvalue weighted by atomic mass is 35.5. The Balaban J connectivity index is 1.74. The Morgan fingerprint density at radius 1 is 0.969 bits per heavy atom. The van der Waals surface area contributed by atoms with Crippen LogP contribution in [0.1, 0.15) is 58.2 Å². The SMILES string of the molecule is CC(=O)N1c2ccc(-c3ccc(C(C)(C)C)cc3)cc2[C@@H](Nc2ccc(Cl)cc2)C[C@H]1C. The zero-order chi connectivity index (χ0) is 23.0. The highest BCUT2D eigenvalue weighted by Gasteiger charge is 2.32. The van der Waals surface area contributed by atoms with Crippen LogP contribution in [0.2, 0.25) is 5.02 Å². The van der Waals surface area contributed by atoms with E-state index in [0.29, 0.717) is 0 Å². The van der Waals surface area contributed by atoms with Crippen LogP contribution in [0.3, 0.4) is 0 Å². The molecule has 0 fully saturated rings. The third-order valence-electron chi connectivity index (χ3n) is 6.29. The van der Waals surface area contributed by atoms with Crippen LogP contribution in [-0.4, -0.2) is 11.9 Å². The molecule has 0 saturated carbocycles. The molecule has 0 aromatic heterocycles. The number of nitrogens with zero attached hydrogens (tertiary/aromatic N) is 1. The molecule has 1 aliphatic heterocycles. The summed E-state index contributed by atoms with van der Waals surface area (Å²) in [5.74, 6) is 0.0750. The van der Waals surface area contributed by atoms with Gasteiger partial charge in [-0.3, -0.25) is 4.79 Å². The van der Waals surface area contributed by atoms with Gasteiger partial charge in [0.15, 0.2) is 0 Å². The Labute approximate surface area is 196 Å². The minimum atomic E-state index is 0.0750. The molecule has 166 valence electrons. The number of rotatable bonds is 3. The van der Waals surface area contributed by atoms with E-state index in [9.17, 15) is 4.79 Å². The van der Waals surface area contributed by atoms with Gasteiger partial charge in [-0.25, -0.2) is 0 Å². The number of anilines is 2. The lowest BCUT2D eigenvalue weighted by molar-refractivity contribution is -0.117. The van der Waals surface area contributed by atoms with Crippen molar-refractivity contribution in [3.63, 3.8) is 0 Å². The fraction of sp³-hybridized carbons (Fsp3) is 0.321. The fourth-order valence-electron chi connectivity index (χ4n) is 4.57.